The molecule has 0 radical (unpaired) electrons. The lowest BCUT2D eigenvalue weighted by Gasteiger charge is -2.11. The molecule has 0 unspecified atom stereocenters. The molecule has 29 heavy (non-hydrogen) atoms. The van der Waals surface area contributed by atoms with Crippen molar-refractivity contribution in [2.45, 2.75) is 39.0 Å². The number of rotatable bonds is 5. The van der Waals surface area contributed by atoms with E-state index >= 15 is 0 Å². The van der Waals surface area contributed by atoms with Crippen molar-refractivity contribution in [1.29, 1.82) is 0 Å². The summed E-state index contributed by atoms with van der Waals surface area (Å²) in [5.74, 6) is 1.37. The maximum absolute atomic E-state index is 12.3. The van der Waals surface area contributed by atoms with Crippen LogP contribution >= 0.6 is 11.3 Å². The molecule has 1 aliphatic rings. The van der Waals surface area contributed by atoms with Gasteiger partial charge in [0.05, 0.1) is 18.8 Å². The minimum atomic E-state index is -4.23. The Labute approximate surface area is 169 Å². The molecule has 1 aromatic carbocycles. The highest BCUT2D eigenvalue weighted by Crippen LogP contribution is 2.40. The van der Waals surface area contributed by atoms with Crippen molar-refractivity contribution < 1.29 is 17.9 Å². The Morgan fingerprint density at radius 3 is 2.90 bits per heavy atom. The van der Waals surface area contributed by atoms with Crippen LogP contribution in [0.2, 0.25) is 0 Å². The lowest BCUT2D eigenvalue weighted by Crippen LogP contribution is -2.28. The highest BCUT2D eigenvalue weighted by atomic mass is 32.1. The Kier molecular flexibility index (Phi) is 5.30. The molecular weight excluding hydrogens is 403 g/mol. The highest BCUT2D eigenvalue weighted by molar-refractivity contribution is 7.15. The summed E-state index contributed by atoms with van der Waals surface area (Å²) in [5, 5.41) is 7.49. The Hall–Kier alpha value is -2.46. The fourth-order valence-electron chi connectivity index (χ4n) is 3.20. The number of nitrogens with one attached hydrogen (secondary N) is 1. The van der Waals surface area contributed by atoms with E-state index in [1.54, 1.807) is 23.5 Å². The molecule has 1 aliphatic heterocycles. The zero-order valence-electron chi connectivity index (χ0n) is 16.0. The van der Waals surface area contributed by atoms with Gasteiger partial charge in [0, 0.05) is 29.4 Å². The van der Waals surface area contributed by atoms with E-state index in [1.807, 2.05) is 24.6 Å². The van der Waals surface area contributed by atoms with Crippen LogP contribution in [-0.4, -0.2) is 39.1 Å². The maximum atomic E-state index is 12.3. The monoisotopic (exact) mass is 423 g/mol. The van der Waals surface area contributed by atoms with E-state index in [0.29, 0.717) is 18.8 Å². The third kappa shape index (κ3) is 4.27. The first-order valence-corrected chi connectivity index (χ1v) is 10.1. The van der Waals surface area contributed by atoms with Crippen molar-refractivity contribution in [2.75, 3.05) is 13.2 Å². The molecule has 154 valence electrons. The van der Waals surface area contributed by atoms with Gasteiger partial charge in [-0.25, -0.2) is 14.6 Å². The third-order valence-electron chi connectivity index (χ3n) is 4.49. The lowest BCUT2D eigenvalue weighted by molar-refractivity contribution is -0.125. The minimum Gasteiger partial charge on any atom is -0.492 e. The quantitative estimate of drug-likeness (QED) is 0.665. The molecule has 0 amide bonds. The number of thiazole rings is 1. The van der Waals surface area contributed by atoms with Crippen LogP contribution in [0.4, 0.5) is 13.2 Å². The van der Waals surface area contributed by atoms with Crippen molar-refractivity contribution in [1.82, 2.24) is 25.1 Å². The van der Waals surface area contributed by atoms with E-state index in [-0.39, 0.29) is 12.6 Å². The molecule has 10 heteroatoms. The first-order valence-electron chi connectivity index (χ1n) is 9.25. The molecule has 0 atom stereocenters. The second kappa shape index (κ2) is 7.75. The van der Waals surface area contributed by atoms with Gasteiger partial charge < -0.3 is 10.1 Å². The zero-order chi connectivity index (χ0) is 20.6. The van der Waals surface area contributed by atoms with Gasteiger partial charge in [-0.3, -0.25) is 0 Å². The van der Waals surface area contributed by atoms with Gasteiger partial charge in [-0.1, -0.05) is 6.07 Å². The molecule has 3 aromatic rings. The van der Waals surface area contributed by atoms with Crippen LogP contribution in [0.3, 0.4) is 0 Å². The number of fused-ring (bicyclic) bond motifs is 3. The summed E-state index contributed by atoms with van der Waals surface area (Å²) < 4.78 is 44.7. The number of ether oxygens (including phenoxy) is 1. The standard InChI is InChI=1S/C19H20F3N5OS/c1-11(2)27-17(24-10-25-27)18-26-16-13-4-3-12(8-23-9-19(20,21)22)7-14(13)28-6-5-15(16)29-18/h3-4,7,10-11,23H,5-6,8-9H2,1-2H3. The van der Waals surface area contributed by atoms with Gasteiger partial charge in [0.25, 0.3) is 0 Å². The summed E-state index contributed by atoms with van der Waals surface area (Å²) in [6, 6.07) is 5.61. The van der Waals surface area contributed by atoms with Gasteiger partial charge >= 0.3 is 6.18 Å². The average Bonchev–Trinajstić information content (AvgIpc) is 3.25. The minimum absolute atomic E-state index is 0.114. The van der Waals surface area contributed by atoms with Crippen LogP contribution in [-0.2, 0) is 13.0 Å². The summed E-state index contributed by atoms with van der Waals surface area (Å²) in [5.41, 5.74) is 2.41. The fraction of sp³-hybridized carbons (Fsp3) is 0.421. The van der Waals surface area contributed by atoms with Crippen molar-refractivity contribution in [3.8, 4) is 27.8 Å². The first-order chi connectivity index (χ1) is 13.8. The van der Waals surface area contributed by atoms with E-state index in [0.717, 1.165) is 32.5 Å². The Morgan fingerprint density at radius 2 is 2.14 bits per heavy atom. The van der Waals surface area contributed by atoms with Gasteiger partial charge in [-0.2, -0.15) is 18.3 Å². The molecule has 2 aromatic heterocycles. The molecule has 0 saturated heterocycles. The normalized spacial score (nSPS) is 13.7. The number of alkyl halides is 3. The lowest BCUT2D eigenvalue weighted by atomic mass is 10.1. The molecular formula is C19H20F3N5OS. The first kappa shape index (κ1) is 19.8. The third-order valence-corrected chi connectivity index (χ3v) is 5.60. The van der Waals surface area contributed by atoms with E-state index in [1.165, 1.54) is 6.33 Å². The smallest absolute Gasteiger partial charge is 0.401 e. The van der Waals surface area contributed by atoms with Crippen molar-refractivity contribution in [3.05, 3.63) is 35.0 Å². The van der Waals surface area contributed by atoms with E-state index in [2.05, 4.69) is 15.4 Å². The summed E-state index contributed by atoms with van der Waals surface area (Å²) in [4.78, 5) is 10.3. The highest BCUT2D eigenvalue weighted by Gasteiger charge is 2.26. The second-order valence-corrected chi connectivity index (χ2v) is 8.14. The number of benzene rings is 1. The van der Waals surface area contributed by atoms with Crippen LogP contribution in [0.25, 0.3) is 22.1 Å². The Balaban J connectivity index is 1.63. The van der Waals surface area contributed by atoms with Crippen LogP contribution in [0.5, 0.6) is 5.75 Å². The molecule has 0 fully saturated rings. The number of hydrogen-bond acceptors (Lipinski definition) is 6. The maximum Gasteiger partial charge on any atom is 0.401 e. The number of halogens is 3. The summed E-state index contributed by atoms with van der Waals surface area (Å²) in [6.45, 7) is 3.64. The molecule has 0 spiro atoms. The molecule has 3 heterocycles. The van der Waals surface area contributed by atoms with Crippen LogP contribution in [0, 0.1) is 0 Å². The summed E-state index contributed by atoms with van der Waals surface area (Å²) >= 11 is 1.57. The summed E-state index contributed by atoms with van der Waals surface area (Å²) in [7, 11) is 0. The fourth-order valence-corrected chi connectivity index (χ4v) is 4.25. The number of nitrogens with zero attached hydrogens (tertiary/aromatic N) is 4. The van der Waals surface area contributed by atoms with E-state index in [9.17, 15) is 13.2 Å². The van der Waals surface area contributed by atoms with Gasteiger partial charge in [-0.15, -0.1) is 11.3 Å². The van der Waals surface area contributed by atoms with Crippen molar-refractivity contribution >= 4 is 11.3 Å². The SMILES string of the molecule is CC(C)n1ncnc1-c1nc2c(s1)CCOc1cc(CNCC(F)(F)F)ccc1-2. The van der Waals surface area contributed by atoms with E-state index < -0.39 is 12.7 Å². The zero-order valence-corrected chi connectivity index (χ0v) is 16.8. The molecule has 6 nitrogen and oxygen atoms in total. The predicted molar refractivity (Wildman–Crippen MR) is 104 cm³/mol. The summed E-state index contributed by atoms with van der Waals surface area (Å²) in [6.07, 6.45) is -2.00. The van der Waals surface area contributed by atoms with Gasteiger partial charge in [0.15, 0.2) is 10.8 Å². The van der Waals surface area contributed by atoms with Gasteiger partial charge in [0.2, 0.25) is 0 Å². The Bertz CT molecular complexity index is 1010. The van der Waals surface area contributed by atoms with Gasteiger partial charge in [0.1, 0.15) is 12.1 Å². The molecule has 0 bridgehead atoms. The van der Waals surface area contributed by atoms with Crippen molar-refractivity contribution in [3.63, 3.8) is 0 Å². The molecule has 1 N–H and O–H groups in total. The van der Waals surface area contributed by atoms with Gasteiger partial charge in [-0.05, 0) is 31.5 Å². The molecule has 4 rings (SSSR count). The predicted octanol–water partition coefficient (Wildman–Crippen LogP) is 4.24. The van der Waals surface area contributed by atoms with Crippen LogP contribution < -0.4 is 10.1 Å². The second-order valence-electron chi connectivity index (χ2n) is 7.06. The molecule has 0 aliphatic carbocycles. The Morgan fingerprint density at radius 1 is 1.31 bits per heavy atom. The van der Waals surface area contributed by atoms with E-state index in [4.69, 9.17) is 9.72 Å². The average molecular weight is 423 g/mol. The van der Waals surface area contributed by atoms with Crippen molar-refractivity contribution in [2.24, 2.45) is 0 Å². The van der Waals surface area contributed by atoms with Crippen LogP contribution in [0.15, 0.2) is 24.5 Å². The molecule has 0 saturated carbocycles. The number of aromatic nitrogens is 4. The largest absolute Gasteiger partial charge is 0.492 e. The number of hydrogen-bond donors (Lipinski definition) is 1. The van der Waals surface area contributed by atoms with Crippen LogP contribution in [0.1, 0.15) is 30.3 Å². The topological polar surface area (TPSA) is 64.9 Å².